The first-order chi connectivity index (χ1) is 10.0. The van der Waals surface area contributed by atoms with Crippen molar-refractivity contribution in [2.75, 3.05) is 11.8 Å². The van der Waals surface area contributed by atoms with Gasteiger partial charge in [-0.05, 0) is 37.6 Å². The van der Waals surface area contributed by atoms with Crippen molar-refractivity contribution in [1.82, 2.24) is 9.78 Å². The molecule has 5 heteroatoms. The van der Waals surface area contributed by atoms with Crippen LogP contribution in [-0.2, 0) is 18.4 Å². The Bertz CT molecular complexity index is 606. The van der Waals surface area contributed by atoms with Gasteiger partial charge in [-0.2, -0.15) is 5.10 Å². The van der Waals surface area contributed by atoms with Crippen LogP contribution in [0.4, 0.5) is 4.39 Å². The standard InChI is InChI=1S/C16H19Cl2FN2/c1-3-21-15(7-12(2)20-21)9-16(10-17,11-18)13-5-4-6-14(19)8-13/h4-8H,3,9-11H2,1-2H3. The molecule has 114 valence electrons. The molecule has 1 aromatic carbocycles. The minimum atomic E-state index is -0.495. The summed E-state index contributed by atoms with van der Waals surface area (Å²) in [4.78, 5) is 0. The van der Waals surface area contributed by atoms with E-state index >= 15 is 0 Å². The van der Waals surface area contributed by atoms with Gasteiger partial charge < -0.3 is 0 Å². The first-order valence-corrected chi connectivity index (χ1v) is 8.03. The number of nitrogens with zero attached hydrogens (tertiary/aromatic N) is 2. The molecule has 0 saturated carbocycles. The zero-order valence-corrected chi connectivity index (χ0v) is 13.8. The number of halogens is 3. The van der Waals surface area contributed by atoms with Crippen LogP contribution in [0.5, 0.6) is 0 Å². The van der Waals surface area contributed by atoms with Crippen LogP contribution in [-0.4, -0.2) is 21.5 Å². The fourth-order valence-corrected chi connectivity index (χ4v) is 3.35. The molecule has 0 fully saturated rings. The SMILES string of the molecule is CCn1nc(C)cc1CC(CCl)(CCl)c1cccc(F)c1. The molecule has 0 atom stereocenters. The predicted octanol–water partition coefficient (Wildman–Crippen LogP) is 4.31. The van der Waals surface area contributed by atoms with Crippen LogP contribution in [0.2, 0.25) is 0 Å². The molecule has 0 aliphatic carbocycles. The minimum Gasteiger partial charge on any atom is -0.270 e. The highest BCUT2D eigenvalue weighted by Crippen LogP contribution is 2.32. The first kappa shape index (κ1) is 16.3. The van der Waals surface area contributed by atoms with E-state index in [4.69, 9.17) is 23.2 Å². The van der Waals surface area contributed by atoms with Crippen molar-refractivity contribution in [1.29, 1.82) is 0 Å². The lowest BCUT2D eigenvalue weighted by Crippen LogP contribution is -2.34. The number of aromatic nitrogens is 2. The highest BCUT2D eigenvalue weighted by Gasteiger charge is 2.32. The highest BCUT2D eigenvalue weighted by atomic mass is 35.5. The van der Waals surface area contributed by atoms with Gasteiger partial charge in [0, 0.05) is 35.8 Å². The molecule has 1 heterocycles. The zero-order chi connectivity index (χ0) is 15.5. The van der Waals surface area contributed by atoms with E-state index in [1.165, 1.54) is 12.1 Å². The maximum atomic E-state index is 13.6. The molecule has 0 aliphatic heterocycles. The number of benzene rings is 1. The van der Waals surface area contributed by atoms with Gasteiger partial charge in [-0.25, -0.2) is 4.39 Å². The predicted molar refractivity (Wildman–Crippen MR) is 85.9 cm³/mol. The number of hydrogen-bond acceptors (Lipinski definition) is 1. The largest absolute Gasteiger partial charge is 0.270 e. The molecular formula is C16H19Cl2FN2. The Balaban J connectivity index is 2.42. The van der Waals surface area contributed by atoms with Crippen LogP contribution in [0.15, 0.2) is 30.3 Å². The van der Waals surface area contributed by atoms with Gasteiger partial charge in [-0.1, -0.05) is 12.1 Å². The fraction of sp³-hybridized carbons (Fsp3) is 0.438. The molecule has 2 aromatic rings. The Morgan fingerprint density at radius 3 is 2.52 bits per heavy atom. The van der Waals surface area contributed by atoms with Gasteiger partial charge in [0.15, 0.2) is 0 Å². The fourth-order valence-electron chi connectivity index (χ4n) is 2.57. The molecule has 0 amide bonds. The maximum Gasteiger partial charge on any atom is 0.123 e. The third-order valence-corrected chi connectivity index (χ3v) is 4.78. The van der Waals surface area contributed by atoms with E-state index in [2.05, 4.69) is 5.10 Å². The summed E-state index contributed by atoms with van der Waals surface area (Å²) in [6.07, 6.45) is 0.637. The molecule has 0 N–H and O–H groups in total. The highest BCUT2D eigenvalue weighted by molar-refractivity contribution is 6.22. The molecule has 2 rings (SSSR count). The molecule has 0 spiro atoms. The Morgan fingerprint density at radius 1 is 1.24 bits per heavy atom. The quantitative estimate of drug-likeness (QED) is 0.722. The normalized spacial score (nSPS) is 11.9. The lowest BCUT2D eigenvalue weighted by atomic mass is 9.80. The van der Waals surface area contributed by atoms with E-state index in [0.717, 1.165) is 23.5 Å². The number of alkyl halides is 2. The van der Waals surface area contributed by atoms with Gasteiger partial charge in [0.1, 0.15) is 5.82 Å². The molecule has 0 bridgehead atoms. The third-order valence-electron chi connectivity index (χ3n) is 3.75. The smallest absolute Gasteiger partial charge is 0.123 e. The maximum absolute atomic E-state index is 13.6. The summed E-state index contributed by atoms with van der Waals surface area (Å²) in [5.74, 6) is 0.384. The Labute approximate surface area is 134 Å². The summed E-state index contributed by atoms with van der Waals surface area (Å²) in [5, 5.41) is 4.45. The number of rotatable bonds is 6. The van der Waals surface area contributed by atoms with Crippen LogP contribution in [0.3, 0.4) is 0 Å². The van der Waals surface area contributed by atoms with Crippen molar-refractivity contribution < 1.29 is 4.39 Å². The average Bonchev–Trinajstić information content (AvgIpc) is 2.84. The van der Waals surface area contributed by atoms with Gasteiger partial charge in [0.25, 0.3) is 0 Å². The van der Waals surface area contributed by atoms with Crippen LogP contribution >= 0.6 is 23.2 Å². The zero-order valence-electron chi connectivity index (χ0n) is 12.2. The van der Waals surface area contributed by atoms with Crippen molar-refractivity contribution >= 4 is 23.2 Å². The molecule has 0 unspecified atom stereocenters. The van der Waals surface area contributed by atoms with Crippen molar-refractivity contribution in [3.05, 3.63) is 53.1 Å². The monoisotopic (exact) mass is 328 g/mol. The summed E-state index contributed by atoms with van der Waals surface area (Å²) in [7, 11) is 0. The van der Waals surface area contributed by atoms with Crippen molar-refractivity contribution in [3.63, 3.8) is 0 Å². The Kier molecular flexibility index (Phi) is 5.28. The topological polar surface area (TPSA) is 17.8 Å². The summed E-state index contributed by atoms with van der Waals surface area (Å²) in [5.41, 5.74) is 2.36. The van der Waals surface area contributed by atoms with Gasteiger partial charge in [0.2, 0.25) is 0 Å². The van der Waals surface area contributed by atoms with E-state index in [0.29, 0.717) is 18.2 Å². The minimum absolute atomic E-state index is 0.271. The molecule has 2 nitrogen and oxygen atoms in total. The van der Waals surface area contributed by atoms with Crippen LogP contribution < -0.4 is 0 Å². The summed E-state index contributed by atoms with van der Waals surface area (Å²) in [6, 6.07) is 8.56. The van der Waals surface area contributed by atoms with Crippen molar-refractivity contribution in [2.24, 2.45) is 0 Å². The second kappa shape index (κ2) is 6.80. The molecule has 0 saturated heterocycles. The van der Waals surface area contributed by atoms with Crippen LogP contribution in [0, 0.1) is 12.7 Å². The lowest BCUT2D eigenvalue weighted by Gasteiger charge is -2.30. The second-order valence-corrected chi connectivity index (χ2v) is 5.86. The van der Waals surface area contributed by atoms with E-state index in [1.807, 2.05) is 30.7 Å². The summed E-state index contributed by atoms with van der Waals surface area (Å²) < 4.78 is 15.5. The van der Waals surface area contributed by atoms with Gasteiger partial charge in [-0.3, -0.25) is 4.68 Å². The third kappa shape index (κ3) is 3.41. The van der Waals surface area contributed by atoms with E-state index in [1.54, 1.807) is 6.07 Å². The van der Waals surface area contributed by atoms with E-state index in [-0.39, 0.29) is 5.82 Å². The molecule has 0 aliphatic rings. The van der Waals surface area contributed by atoms with Crippen molar-refractivity contribution in [2.45, 2.75) is 32.2 Å². The molecule has 0 radical (unpaired) electrons. The van der Waals surface area contributed by atoms with Crippen LogP contribution in [0.1, 0.15) is 23.9 Å². The Morgan fingerprint density at radius 2 is 1.95 bits per heavy atom. The molecule has 21 heavy (non-hydrogen) atoms. The van der Waals surface area contributed by atoms with E-state index in [9.17, 15) is 4.39 Å². The van der Waals surface area contributed by atoms with Crippen molar-refractivity contribution in [3.8, 4) is 0 Å². The number of hydrogen-bond donors (Lipinski definition) is 0. The van der Waals surface area contributed by atoms with E-state index < -0.39 is 5.41 Å². The summed E-state index contributed by atoms with van der Waals surface area (Å²) in [6.45, 7) is 4.79. The van der Waals surface area contributed by atoms with Gasteiger partial charge in [0.05, 0.1) is 5.69 Å². The lowest BCUT2D eigenvalue weighted by molar-refractivity contribution is 0.494. The Hall–Kier alpha value is -1.06. The molecular weight excluding hydrogens is 310 g/mol. The number of aryl methyl sites for hydroxylation is 2. The van der Waals surface area contributed by atoms with Gasteiger partial charge in [-0.15, -0.1) is 23.2 Å². The average molecular weight is 329 g/mol. The van der Waals surface area contributed by atoms with Crippen LogP contribution in [0.25, 0.3) is 0 Å². The first-order valence-electron chi connectivity index (χ1n) is 6.96. The van der Waals surface area contributed by atoms with Gasteiger partial charge >= 0.3 is 0 Å². The second-order valence-electron chi connectivity index (χ2n) is 5.33. The summed E-state index contributed by atoms with van der Waals surface area (Å²) >= 11 is 12.5. The molecule has 1 aromatic heterocycles.